The van der Waals surface area contributed by atoms with Crippen LogP contribution in [0.25, 0.3) is 0 Å². The van der Waals surface area contributed by atoms with Crippen LogP contribution < -0.4 is 9.64 Å². The highest BCUT2D eigenvalue weighted by Gasteiger charge is 2.22. The summed E-state index contributed by atoms with van der Waals surface area (Å²) >= 11 is 0. The standard InChI is InChI=1S/C23H32N2O4S/c1-19-17-22(11-12-23(19)29-16-15-28-3)30(26,27)24(2)18-20-7-9-21(10-8-20)25-13-5-4-6-14-25/h7-12,17H,4-6,13-16,18H2,1-3H3. The van der Waals surface area contributed by atoms with Gasteiger partial charge in [0.1, 0.15) is 12.4 Å². The average Bonchev–Trinajstić information content (AvgIpc) is 2.76. The molecule has 1 aliphatic heterocycles. The average molecular weight is 433 g/mol. The number of piperidine rings is 1. The zero-order valence-electron chi connectivity index (χ0n) is 18.1. The van der Waals surface area contributed by atoms with Crippen LogP contribution in [0.3, 0.4) is 0 Å². The van der Waals surface area contributed by atoms with Crippen LogP contribution in [0.2, 0.25) is 0 Å². The molecule has 0 aromatic heterocycles. The first-order chi connectivity index (χ1) is 14.4. The molecular formula is C23H32N2O4S. The number of benzene rings is 2. The van der Waals surface area contributed by atoms with Crippen LogP contribution in [-0.4, -0.2) is 53.2 Å². The first kappa shape index (κ1) is 22.6. The molecule has 0 N–H and O–H groups in total. The predicted octanol–water partition coefficient (Wildman–Crippen LogP) is 3.83. The number of methoxy groups -OCH3 is 1. The Morgan fingerprint density at radius 3 is 2.33 bits per heavy atom. The molecule has 0 amide bonds. The van der Waals surface area contributed by atoms with Crippen LogP contribution in [0, 0.1) is 6.92 Å². The Morgan fingerprint density at radius 1 is 1.00 bits per heavy atom. The Morgan fingerprint density at radius 2 is 1.70 bits per heavy atom. The molecule has 3 rings (SSSR count). The van der Waals surface area contributed by atoms with Crippen LogP contribution in [0.4, 0.5) is 5.69 Å². The Kier molecular flexibility index (Phi) is 7.75. The lowest BCUT2D eigenvalue weighted by Crippen LogP contribution is -2.29. The van der Waals surface area contributed by atoms with Gasteiger partial charge in [0.15, 0.2) is 0 Å². The molecule has 7 heteroatoms. The van der Waals surface area contributed by atoms with Gasteiger partial charge in [-0.1, -0.05) is 12.1 Å². The SMILES string of the molecule is COCCOc1ccc(S(=O)(=O)N(C)Cc2ccc(N3CCCCC3)cc2)cc1C. The van der Waals surface area contributed by atoms with Crippen molar-refractivity contribution in [2.75, 3.05) is 45.4 Å². The van der Waals surface area contributed by atoms with E-state index in [2.05, 4.69) is 17.0 Å². The lowest BCUT2D eigenvalue weighted by atomic mass is 10.1. The second kappa shape index (κ2) is 10.3. The normalized spacial score (nSPS) is 14.9. The third-order valence-corrected chi connectivity index (χ3v) is 7.26. The molecule has 0 atom stereocenters. The van der Waals surface area contributed by atoms with Crippen molar-refractivity contribution >= 4 is 15.7 Å². The topological polar surface area (TPSA) is 59.1 Å². The molecular weight excluding hydrogens is 400 g/mol. The summed E-state index contributed by atoms with van der Waals surface area (Å²) in [7, 11) is -0.358. The van der Waals surface area contributed by atoms with Crippen LogP contribution in [0.15, 0.2) is 47.4 Å². The fraction of sp³-hybridized carbons (Fsp3) is 0.478. The number of anilines is 1. The van der Waals surface area contributed by atoms with E-state index >= 15 is 0 Å². The highest BCUT2D eigenvalue weighted by molar-refractivity contribution is 7.89. The van der Waals surface area contributed by atoms with E-state index in [1.807, 2.05) is 19.1 Å². The third-order valence-electron chi connectivity index (χ3n) is 5.46. The van der Waals surface area contributed by atoms with Gasteiger partial charge in [-0.15, -0.1) is 0 Å². The fourth-order valence-electron chi connectivity index (χ4n) is 3.67. The summed E-state index contributed by atoms with van der Waals surface area (Å²) in [5, 5.41) is 0. The summed E-state index contributed by atoms with van der Waals surface area (Å²) in [6.45, 7) is 5.28. The van der Waals surface area contributed by atoms with Crippen molar-refractivity contribution in [3.8, 4) is 5.75 Å². The van der Waals surface area contributed by atoms with Crippen LogP contribution in [0.5, 0.6) is 5.75 Å². The molecule has 1 heterocycles. The van der Waals surface area contributed by atoms with Gasteiger partial charge >= 0.3 is 0 Å². The predicted molar refractivity (Wildman–Crippen MR) is 120 cm³/mol. The van der Waals surface area contributed by atoms with E-state index < -0.39 is 10.0 Å². The molecule has 2 aromatic carbocycles. The summed E-state index contributed by atoms with van der Waals surface area (Å²) < 4.78 is 38.1. The molecule has 30 heavy (non-hydrogen) atoms. The number of aryl methyl sites for hydroxylation is 1. The first-order valence-corrected chi connectivity index (χ1v) is 11.9. The van der Waals surface area contributed by atoms with E-state index in [1.54, 1.807) is 32.4 Å². The number of hydrogen-bond acceptors (Lipinski definition) is 5. The van der Waals surface area contributed by atoms with E-state index in [4.69, 9.17) is 9.47 Å². The number of rotatable bonds is 9. The molecule has 1 saturated heterocycles. The van der Waals surface area contributed by atoms with Crippen molar-refractivity contribution in [1.29, 1.82) is 0 Å². The molecule has 6 nitrogen and oxygen atoms in total. The molecule has 0 radical (unpaired) electrons. The van der Waals surface area contributed by atoms with Gasteiger partial charge in [0.05, 0.1) is 11.5 Å². The number of sulfonamides is 1. The van der Waals surface area contributed by atoms with E-state index in [0.717, 1.165) is 24.2 Å². The van der Waals surface area contributed by atoms with Crippen molar-refractivity contribution in [1.82, 2.24) is 4.31 Å². The minimum atomic E-state index is -3.59. The Hall–Kier alpha value is -2.09. The minimum absolute atomic E-state index is 0.270. The minimum Gasteiger partial charge on any atom is -0.491 e. The number of hydrogen-bond donors (Lipinski definition) is 0. The summed E-state index contributed by atoms with van der Waals surface area (Å²) in [5.74, 6) is 0.668. The van der Waals surface area contributed by atoms with Crippen LogP contribution >= 0.6 is 0 Å². The van der Waals surface area contributed by atoms with E-state index in [0.29, 0.717) is 25.5 Å². The van der Waals surface area contributed by atoms with Crippen molar-refractivity contribution < 1.29 is 17.9 Å². The van der Waals surface area contributed by atoms with E-state index in [1.165, 1.54) is 29.3 Å². The van der Waals surface area contributed by atoms with Crippen molar-refractivity contribution in [3.63, 3.8) is 0 Å². The van der Waals surface area contributed by atoms with Gasteiger partial charge in [-0.2, -0.15) is 4.31 Å². The van der Waals surface area contributed by atoms with Gasteiger partial charge in [-0.25, -0.2) is 8.42 Å². The molecule has 164 valence electrons. The number of nitrogens with zero attached hydrogens (tertiary/aromatic N) is 2. The molecule has 0 spiro atoms. The van der Waals surface area contributed by atoms with E-state index in [9.17, 15) is 8.42 Å². The van der Waals surface area contributed by atoms with Crippen molar-refractivity contribution in [2.24, 2.45) is 0 Å². The highest BCUT2D eigenvalue weighted by atomic mass is 32.2. The lowest BCUT2D eigenvalue weighted by Gasteiger charge is -2.29. The number of ether oxygens (including phenoxy) is 2. The molecule has 1 aliphatic rings. The molecule has 1 fully saturated rings. The molecule has 0 aliphatic carbocycles. The summed E-state index contributed by atoms with van der Waals surface area (Å²) in [5.41, 5.74) is 2.97. The van der Waals surface area contributed by atoms with Crippen molar-refractivity contribution in [3.05, 3.63) is 53.6 Å². The first-order valence-electron chi connectivity index (χ1n) is 10.4. The van der Waals surface area contributed by atoms with Crippen LogP contribution in [-0.2, 0) is 21.3 Å². The van der Waals surface area contributed by atoms with Gasteiger partial charge in [0.25, 0.3) is 0 Å². The maximum atomic E-state index is 13.0. The van der Waals surface area contributed by atoms with Crippen LogP contribution in [0.1, 0.15) is 30.4 Å². The maximum absolute atomic E-state index is 13.0. The highest BCUT2D eigenvalue weighted by Crippen LogP contribution is 2.25. The quantitative estimate of drug-likeness (QED) is 0.564. The monoisotopic (exact) mass is 432 g/mol. The fourth-order valence-corrected chi connectivity index (χ4v) is 4.91. The Labute approximate surface area is 180 Å². The second-order valence-corrected chi connectivity index (χ2v) is 9.79. The van der Waals surface area contributed by atoms with Crippen molar-refractivity contribution in [2.45, 2.75) is 37.6 Å². The molecule has 0 saturated carbocycles. The third kappa shape index (κ3) is 5.53. The zero-order chi connectivity index (χ0) is 21.6. The zero-order valence-corrected chi connectivity index (χ0v) is 19.0. The second-order valence-electron chi connectivity index (χ2n) is 7.74. The van der Waals surface area contributed by atoms with Gasteiger partial charge < -0.3 is 14.4 Å². The molecule has 0 bridgehead atoms. The van der Waals surface area contributed by atoms with Gasteiger partial charge in [-0.05, 0) is 67.6 Å². The smallest absolute Gasteiger partial charge is 0.243 e. The molecule has 2 aromatic rings. The molecule has 0 unspecified atom stereocenters. The Balaban J connectivity index is 1.66. The lowest BCUT2D eigenvalue weighted by molar-refractivity contribution is 0.146. The summed E-state index contributed by atoms with van der Waals surface area (Å²) in [6.07, 6.45) is 3.77. The van der Waals surface area contributed by atoms with Gasteiger partial charge in [0, 0.05) is 39.5 Å². The maximum Gasteiger partial charge on any atom is 0.243 e. The summed E-state index contributed by atoms with van der Waals surface area (Å²) in [6, 6.07) is 13.2. The largest absolute Gasteiger partial charge is 0.491 e. The van der Waals surface area contributed by atoms with Gasteiger partial charge in [-0.3, -0.25) is 0 Å². The Bertz CT molecular complexity index is 923. The van der Waals surface area contributed by atoms with Gasteiger partial charge in [0.2, 0.25) is 10.0 Å². The summed E-state index contributed by atoms with van der Waals surface area (Å²) in [4.78, 5) is 2.67. The van der Waals surface area contributed by atoms with E-state index in [-0.39, 0.29) is 4.90 Å².